The highest BCUT2D eigenvalue weighted by molar-refractivity contribution is 5.94. The molecule has 0 unspecified atom stereocenters. The minimum absolute atomic E-state index is 0.0656. The molecule has 1 saturated carbocycles. The van der Waals surface area contributed by atoms with Crippen molar-refractivity contribution in [3.05, 3.63) is 35.9 Å². The van der Waals surface area contributed by atoms with E-state index in [1.54, 1.807) is 0 Å². The molecule has 2 bridgehead atoms. The van der Waals surface area contributed by atoms with Crippen LogP contribution in [0.5, 0.6) is 0 Å². The van der Waals surface area contributed by atoms with Gasteiger partial charge in [-0.1, -0.05) is 32.1 Å². The van der Waals surface area contributed by atoms with Crippen LogP contribution in [0.1, 0.15) is 32.9 Å². The number of allylic oxidation sites excluding steroid dienone is 1. The zero-order chi connectivity index (χ0) is 15.8. The Morgan fingerprint density at radius 1 is 1.30 bits per heavy atom. The Kier molecular flexibility index (Phi) is 2.38. The number of hydrogen-bond acceptors (Lipinski definition) is 4. The first kappa shape index (κ1) is 13.2. The molecule has 1 aliphatic heterocycles. The molecular weight excluding hydrogens is 286 g/mol. The average Bonchev–Trinajstić information content (AvgIpc) is 2.91. The number of nitrogens with two attached hydrogens (primary N) is 1. The molecule has 5 nitrogen and oxygen atoms in total. The third-order valence-electron chi connectivity index (χ3n) is 6.15. The van der Waals surface area contributed by atoms with E-state index in [0.29, 0.717) is 17.3 Å². The van der Waals surface area contributed by atoms with Gasteiger partial charge in [-0.25, -0.2) is 9.98 Å². The van der Waals surface area contributed by atoms with Crippen molar-refractivity contribution >= 4 is 22.9 Å². The lowest BCUT2D eigenvalue weighted by molar-refractivity contribution is -0.0119. The molecule has 1 aromatic carbocycles. The van der Waals surface area contributed by atoms with Crippen molar-refractivity contribution in [1.29, 1.82) is 0 Å². The third kappa shape index (κ3) is 1.62. The van der Waals surface area contributed by atoms with Gasteiger partial charge in [-0.2, -0.15) is 0 Å². The number of fused-ring (bicyclic) bond motifs is 4. The van der Waals surface area contributed by atoms with Gasteiger partial charge >= 0.3 is 0 Å². The molecule has 5 heteroatoms. The van der Waals surface area contributed by atoms with Crippen LogP contribution in [0.25, 0.3) is 11.0 Å². The van der Waals surface area contributed by atoms with Crippen molar-refractivity contribution < 1.29 is 0 Å². The van der Waals surface area contributed by atoms with Crippen LogP contribution in [0.15, 0.2) is 40.9 Å². The van der Waals surface area contributed by atoms with E-state index in [9.17, 15) is 0 Å². The van der Waals surface area contributed by atoms with Crippen molar-refractivity contribution in [2.24, 2.45) is 28.0 Å². The highest BCUT2D eigenvalue weighted by Gasteiger charge is 2.53. The van der Waals surface area contributed by atoms with Crippen LogP contribution < -0.4 is 11.1 Å². The lowest BCUT2D eigenvalue weighted by Crippen LogP contribution is -2.49. The number of aliphatic imine (C=N–C) groups is 1. The van der Waals surface area contributed by atoms with E-state index in [1.165, 1.54) is 12.0 Å². The predicted octanol–water partition coefficient (Wildman–Crippen LogP) is 3.27. The number of para-hydroxylation sites is 2. The number of nitrogens with one attached hydrogen (secondary N) is 1. The summed E-state index contributed by atoms with van der Waals surface area (Å²) in [7, 11) is 0. The van der Waals surface area contributed by atoms with Crippen molar-refractivity contribution in [2.45, 2.75) is 32.9 Å². The van der Waals surface area contributed by atoms with Gasteiger partial charge in [0.05, 0.1) is 11.0 Å². The van der Waals surface area contributed by atoms with Crippen LogP contribution in [-0.4, -0.2) is 15.5 Å². The van der Waals surface area contributed by atoms with Gasteiger partial charge in [0.15, 0.2) is 12.1 Å². The number of aromatic nitrogens is 2. The van der Waals surface area contributed by atoms with E-state index in [2.05, 4.69) is 46.9 Å². The van der Waals surface area contributed by atoms with Gasteiger partial charge in [0, 0.05) is 0 Å². The Balaban J connectivity index is 1.69. The van der Waals surface area contributed by atoms with Crippen LogP contribution >= 0.6 is 0 Å². The van der Waals surface area contributed by atoms with E-state index < -0.39 is 0 Å². The molecule has 3 N–H and O–H groups in total. The Morgan fingerprint density at radius 3 is 2.91 bits per heavy atom. The second kappa shape index (κ2) is 4.16. The summed E-state index contributed by atoms with van der Waals surface area (Å²) >= 11 is 0. The summed E-state index contributed by atoms with van der Waals surface area (Å²) in [5.41, 5.74) is 9.92. The van der Waals surface area contributed by atoms with Gasteiger partial charge in [0.25, 0.3) is 0 Å². The Bertz CT molecular complexity index is 873. The van der Waals surface area contributed by atoms with Gasteiger partial charge in [-0.15, -0.1) is 0 Å². The molecule has 0 radical (unpaired) electrons. The average molecular weight is 307 g/mol. The highest BCUT2D eigenvalue weighted by atomic mass is 15.4. The summed E-state index contributed by atoms with van der Waals surface area (Å²) < 4.78 is 2.20. The molecule has 118 valence electrons. The summed E-state index contributed by atoms with van der Waals surface area (Å²) in [6.45, 7) is 4.78. The molecule has 6 rings (SSSR count). The minimum Gasteiger partial charge on any atom is -0.370 e. The largest absolute Gasteiger partial charge is 0.370 e. The number of hydrogen-bond donors (Lipinski definition) is 2. The quantitative estimate of drug-likeness (QED) is 0.795. The molecule has 4 aliphatic rings. The zero-order valence-electron chi connectivity index (χ0n) is 13.5. The molecule has 2 heterocycles. The lowest BCUT2D eigenvalue weighted by Gasteiger charge is -2.57. The molecule has 1 aromatic heterocycles. The summed E-state index contributed by atoms with van der Waals surface area (Å²) in [5.74, 6) is 2.66. The first-order valence-corrected chi connectivity index (χ1v) is 8.33. The first-order valence-electron chi connectivity index (χ1n) is 8.33. The van der Waals surface area contributed by atoms with Crippen molar-refractivity contribution in [3.63, 3.8) is 0 Å². The summed E-state index contributed by atoms with van der Waals surface area (Å²) in [4.78, 5) is 9.43. The normalized spacial score (nSPS) is 30.8. The molecule has 3 atom stereocenters. The van der Waals surface area contributed by atoms with E-state index in [0.717, 1.165) is 29.3 Å². The van der Waals surface area contributed by atoms with E-state index in [1.807, 2.05) is 12.1 Å². The minimum atomic E-state index is -0.0656. The predicted molar refractivity (Wildman–Crippen MR) is 92.1 cm³/mol. The summed E-state index contributed by atoms with van der Waals surface area (Å²) in [6.07, 6.45) is 4.76. The molecule has 1 fully saturated rings. The Labute approximate surface area is 135 Å². The standard InChI is InChI=1S/C18H21N5/c1-18(2)10-7-8-11(12(18)9-10)15-21-16(19)22-17-20-13-5-3-4-6-14(13)23(15)17/h3-6,8,10,12,15H,7,9H2,1-2H3,(H3,19,20,21,22)/t10-,12+,15-/m0/s1. The fourth-order valence-electron chi connectivity index (χ4n) is 4.63. The van der Waals surface area contributed by atoms with Crippen molar-refractivity contribution in [2.75, 3.05) is 5.32 Å². The maximum atomic E-state index is 6.05. The van der Waals surface area contributed by atoms with Crippen LogP contribution in [0, 0.1) is 17.3 Å². The molecule has 2 aromatic rings. The fourth-order valence-corrected chi connectivity index (χ4v) is 4.63. The SMILES string of the molecule is CC1(C)[C@H]2CC=C([C@H]3N=C(N)Nc4nc5ccccc5n43)[C@H]1C2. The number of imidazole rings is 1. The second-order valence-corrected chi connectivity index (χ2v) is 7.55. The second-order valence-electron chi connectivity index (χ2n) is 7.55. The molecule has 0 spiro atoms. The van der Waals surface area contributed by atoms with Crippen molar-refractivity contribution in [3.8, 4) is 0 Å². The van der Waals surface area contributed by atoms with Crippen LogP contribution in [0.3, 0.4) is 0 Å². The topological polar surface area (TPSA) is 68.2 Å². The maximum absolute atomic E-state index is 6.05. The maximum Gasteiger partial charge on any atom is 0.212 e. The molecule has 3 aliphatic carbocycles. The van der Waals surface area contributed by atoms with Gasteiger partial charge < -0.3 is 5.73 Å². The monoisotopic (exact) mass is 307 g/mol. The Morgan fingerprint density at radius 2 is 2.13 bits per heavy atom. The molecule has 23 heavy (non-hydrogen) atoms. The lowest BCUT2D eigenvalue weighted by atomic mass is 9.48. The van der Waals surface area contributed by atoms with Crippen LogP contribution in [-0.2, 0) is 0 Å². The summed E-state index contributed by atoms with van der Waals surface area (Å²) in [5, 5.41) is 3.12. The highest BCUT2D eigenvalue weighted by Crippen LogP contribution is 2.61. The summed E-state index contributed by atoms with van der Waals surface area (Å²) in [6, 6.07) is 8.21. The number of anilines is 1. The van der Waals surface area contributed by atoms with Gasteiger partial charge in [-0.05, 0) is 47.8 Å². The van der Waals surface area contributed by atoms with Crippen LogP contribution in [0.2, 0.25) is 0 Å². The zero-order valence-corrected chi connectivity index (χ0v) is 13.5. The van der Waals surface area contributed by atoms with Crippen LogP contribution in [0.4, 0.5) is 5.95 Å². The van der Waals surface area contributed by atoms with Crippen molar-refractivity contribution in [1.82, 2.24) is 9.55 Å². The van der Waals surface area contributed by atoms with Gasteiger partial charge in [0.2, 0.25) is 5.95 Å². The molecule has 0 amide bonds. The van der Waals surface area contributed by atoms with Gasteiger partial charge in [-0.3, -0.25) is 9.88 Å². The number of benzene rings is 1. The first-order chi connectivity index (χ1) is 11.1. The van der Waals surface area contributed by atoms with E-state index >= 15 is 0 Å². The number of nitrogens with zero attached hydrogens (tertiary/aromatic N) is 3. The Hall–Kier alpha value is -2.30. The number of guanidine groups is 1. The molecule has 0 saturated heterocycles. The number of rotatable bonds is 1. The van der Waals surface area contributed by atoms with E-state index in [-0.39, 0.29) is 6.17 Å². The third-order valence-corrected chi connectivity index (χ3v) is 6.15. The molecular formula is C18H21N5. The smallest absolute Gasteiger partial charge is 0.212 e. The van der Waals surface area contributed by atoms with E-state index in [4.69, 9.17) is 10.7 Å². The fraction of sp³-hybridized carbons (Fsp3) is 0.444. The van der Waals surface area contributed by atoms with Gasteiger partial charge in [0.1, 0.15) is 0 Å².